The summed E-state index contributed by atoms with van der Waals surface area (Å²) >= 11 is 0. The number of benzene rings is 1. The summed E-state index contributed by atoms with van der Waals surface area (Å²) in [5.74, 6) is -0.656. The van der Waals surface area contributed by atoms with Gasteiger partial charge in [-0.15, -0.1) is 0 Å². The minimum atomic E-state index is -4.47. The molecule has 1 aromatic carbocycles. The predicted octanol–water partition coefficient (Wildman–Crippen LogP) is 0.991. The zero-order valence-electron chi connectivity index (χ0n) is 10.9. The summed E-state index contributed by atoms with van der Waals surface area (Å²) in [7, 11) is 3.33. The van der Waals surface area contributed by atoms with E-state index in [1.54, 1.807) is 19.0 Å². The minimum Gasteiger partial charge on any atom is -0.376 e. The van der Waals surface area contributed by atoms with Crippen LogP contribution in [0.2, 0.25) is 0 Å². The second-order valence-corrected chi connectivity index (χ2v) is 4.10. The van der Waals surface area contributed by atoms with Gasteiger partial charge in [-0.05, 0) is 18.2 Å². The van der Waals surface area contributed by atoms with Gasteiger partial charge in [0.2, 0.25) is 5.96 Å². The minimum absolute atomic E-state index is 0.0207. The third kappa shape index (κ3) is 4.04. The van der Waals surface area contributed by atoms with Crippen LogP contribution >= 0.6 is 0 Å². The quantitative estimate of drug-likeness (QED) is 0.557. The Balaban J connectivity index is 3.37. The molecule has 1 rings (SSSR count). The van der Waals surface area contributed by atoms with Crippen LogP contribution in [0.25, 0.3) is 0 Å². The average Bonchev–Trinajstić information content (AvgIpc) is 2.25. The first-order valence-electron chi connectivity index (χ1n) is 5.43. The molecule has 0 saturated heterocycles. The molecular weight excluding hydrogens is 273 g/mol. The second kappa shape index (κ2) is 5.68. The number of alkyl halides is 3. The largest absolute Gasteiger partial charge is 0.416 e. The first kappa shape index (κ1) is 15.6. The monoisotopic (exact) mass is 288 g/mol. The van der Waals surface area contributed by atoms with Crippen molar-refractivity contribution in [1.82, 2.24) is 0 Å². The van der Waals surface area contributed by atoms with Crippen LogP contribution in [0.4, 0.5) is 24.5 Å². The number of hydrogen-bond acceptors (Lipinski definition) is 2. The molecule has 6 N–H and O–H groups in total. The molecule has 0 aliphatic heterocycles. The molecule has 1 aromatic rings. The summed E-state index contributed by atoms with van der Waals surface area (Å²) in [6.07, 6.45) is -4.47. The van der Waals surface area contributed by atoms with Crippen LogP contribution < -0.4 is 22.1 Å². The fourth-order valence-electron chi connectivity index (χ4n) is 1.45. The van der Waals surface area contributed by atoms with Gasteiger partial charge in [-0.25, -0.2) is 4.99 Å². The van der Waals surface area contributed by atoms with Crippen molar-refractivity contribution in [2.24, 2.45) is 27.2 Å². The zero-order chi connectivity index (χ0) is 15.5. The molecule has 110 valence electrons. The Bertz CT molecular complexity index is 544. The number of guanidine groups is 2. The lowest BCUT2D eigenvalue weighted by Crippen LogP contribution is -2.26. The van der Waals surface area contributed by atoms with Gasteiger partial charge >= 0.3 is 6.18 Å². The van der Waals surface area contributed by atoms with Crippen LogP contribution in [-0.4, -0.2) is 26.0 Å². The fraction of sp³-hybridized carbons (Fsp3) is 0.273. The van der Waals surface area contributed by atoms with E-state index in [1.165, 1.54) is 6.07 Å². The van der Waals surface area contributed by atoms with Crippen molar-refractivity contribution in [2.75, 3.05) is 19.0 Å². The summed E-state index contributed by atoms with van der Waals surface area (Å²) in [5.41, 5.74) is 15.3. The van der Waals surface area contributed by atoms with E-state index in [4.69, 9.17) is 17.2 Å². The molecule has 0 heterocycles. The number of rotatable bonds is 2. The molecule has 9 heteroatoms. The highest BCUT2D eigenvalue weighted by molar-refractivity contribution is 5.94. The molecule has 0 spiro atoms. The van der Waals surface area contributed by atoms with Crippen LogP contribution in [0.5, 0.6) is 0 Å². The van der Waals surface area contributed by atoms with Crippen LogP contribution in [0.1, 0.15) is 5.56 Å². The SMILES string of the molecule is CN(C)c1ccc(C(F)(F)F)cc1N=C(N)N=C(N)N. The van der Waals surface area contributed by atoms with Gasteiger partial charge in [-0.1, -0.05) is 0 Å². The van der Waals surface area contributed by atoms with Crippen LogP contribution in [0, 0.1) is 0 Å². The van der Waals surface area contributed by atoms with Crippen molar-refractivity contribution in [3.63, 3.8) is 0 Å². The van der Waals surface area contributed by atoms with E-state index >= 15 is 0 Å². The maximum atomic E-state index is 12.7. The van der Waals surface area contributed by atoms with Gasteiger partial charge in [0.15, 0.2) is 5.96 Å². The van der Waals surface area contributed by atoms with Crippen molar-refractivity contribution >= 4 is 23.3 Å². The van der Waals surface area contributed by atoms with Crippen molar-refractivity contribution < 1.29 is 13.2 Å². The first-order valence-corrected chi connectivity index (χ1v) is 5.43. The smallest absolute Gasteiger partial charge is 0.376 e. The second-order valence-electron chi connectivity index (χ2n) is 4.10. The maximum absolute atomic E-state index is 12.7. The Morgan fingerprint density at radius 2 is 1.75 bits per heavy atom. The predicted molar refractivity (Wildman–Crippen MR) is 72.9 cm³/mol. The summed E-state index contributed by atoms with van der Waals surface area (Å²) in [4.78, 5) is 8.86. The van der Waals surface area contributed by atoms with E-state index in [1.807, 2.05) is 0 Å². The summed E-state index contributed by atoms with van der Waals surface area (Å²) < 4.78 is 38.1. The molecular formula is C11H15F3N6. The lowest BCUT2D eigenvalue weighted by Gasteiger charge is -2.17. The molecule has 0 atom stereocenters. The molecule has 6 nitrogen and oxygen atoms in total. The van der Waals surface area contributed by atoms with Crippen LogP contribution in [0.15, 0.2) is 28.2 Å². The normalized spacial score (nSPS) is 12.2. The van der Waals surface area contributed by atoms with Crippen molar-refractivity contribution in [3.8, 4) is 0 Å². The van der Waals surface area contributed by atoms with E-state index < -0.39 is 11.7 Å². The molecule has 0 aliphatic carbocycles. The number of hydrogen-bond donors (Lipinski definition) is 3. The van der Waals surface area contributed by atoms with Gasteiger partial charge in [-0.2, -0.15) is 18.2 Å². The number of nitrogens with zero attached hydrogens (tertiary/aromatic N) is 3. The Kier molecular flexibility index (Phi) is 4.43. The number of aliphatic imine (C=N–C) groups is 2. The van der Waals surface area contributed by atoms with Crippen molar-refractivity contribution in [1.29, 1.82) is 0 Å². The van der Waals surface area contributed by atoms with E-state index in [2.05, 4.69) is 9.98 Å². The first-order chi connectivity index (χ1) is 9.11. The zero-order valence-corrected chi connectivity index (χ0v) is 10.9. The Hall–Kier alpha value is -2.45. The molecule has 0 fully saturated rings. The molecule has 0 saturated carbocycles. The molecule has 0 bridgehead atoms. The molecule has 0 radical (unpaired) electrons. The molecule has 0 unspecified atom stereocenters. The average molecular weight is 288 g/mol. The van der Waals surface area contributed by atoms with Gasteiger partial charge in [0.1, 0.15) is 0 Å². The lowest BCUT2D eigenvalue weighted by atomic mass is 10.1. The Morgan fingerprint density at radius 3 is 2.20 bits per heavy atom. The van der Waals surface area contributed by atoms with Gasteiger partial charge in [0.05, 0.1) is 16.9 Å². The number of halogens is 3. The van der Waals surface area contributed by atoms with E-state index in [-0.39, 0.29) is 17.6 Å². The van der Waals surface area contributed by atoms with Crippen LogP contribution in [0.3, 0.4) is 0 Å². The molecule has 0 aromatic heterocycles. The van der Waals surface area contributed by atoms with E-state index in [0.717, 1.165) is 12.1 Å². The number of anilines is 1. The Labute approximate surface area is 113 Å². The van der Waals surface area contributed by atoms with Crippen molar-refractivity contribution in [3.05, 3.63) is 23.8 Å². The lowest BCUT2D eigenvalue weighted by molar-refractivity contribution is -0.137. The molecule has 20 heavy (non-hydrogen) atoms. The van der Waals surface area contributed by atoms with Gasteiger partial charge < -0.3 is 22.1 Å². The maximum Gasteiger partial charge on any atom is 0.416 e. The summed E-state index contributed by atoms with van der Waals surface area (Å²) in [6, 6.07) is 3.14. The van der Waals surface area contributed by atoms with E-state index in [9.17, 15) is 13.2 Å². The van der Waals surface area contributed by atoms with Gasteiger partial charge in [0, 0.05) is 14.1 Å². The van der Waals surface area contributed by atoms with Crippen LogP contribution in [-0.2, 0) is 6.18 Å². The van der Waals surface area contributed by atoms with E-state index in [0.29, 0.717) is 5.69 Å². The molecule has 0 amide bonds. The highest BCUT2D eigenvalue weighted by Crippen LogP contribution is 2.36. The standard InChI is InChI=1S/C11H15F3N6/c1-20(2)8-4-3-6(11(12,13)14)5-7(8)18-10(17)19-9(15)16/h3-5H,1-2H3,(H6,15,16,17,18,19). The number of nitrogens with two attached hydrogens (primary N) is 3. The van der Waals surface area contributed by atoms with Gasteiger partial charge in [-0.3, -0.25) is 0 Å². The highest BCUT2D eigenvalue weighted by Gasteiger charge is 2.31. The topological polar surface area (TPSA) is 106 Å². The summed E-state index contributed by atoms with van der Waals surface area (Å²) in [5, 5.41) is 0. The van der Waals surface area contributed by atoms with Gasteiger partial charge in [0.25, 0.3) is 0 Å². The third-order valence-corrected chi connectivity index (χ3v) is 2.26. The fourth-order valence-corrected chi connectivity index (χ4v) is 1.45. The van der Waals surface area contributed by atoms with Crippen molar-refractivity contribution in [2.45, 2.75) is 6.18 Å². The summed E-state index contributed by atoms with van der Waals surface area (Å²) in [6.45, 7) is 0. The third-order valence-electron chi connectivity index (χ3n) is 2.26. The Morgan fingerprint density at radius 1 is 1.15 bits per heavy atom. The highest BCUT2D eigenvalue weighted by atomic mass is 19.4. The molecule has 0 aliphatic rings.